The maximum absolute atomic E-state index is 5.32. The van der Waals surface area contributed by atoms with Crippen molar-refractivity contribution in [2.75, 3.05) is 4.43 Å². The van der Waals surface area contributed by atoms with Crippen molar-refractivity contribution in [3.63, 3.8) is 0 Å². The molecule has 0 aromatic heterocycles. The minimum absolute atomic E-state index is 0.942. The van der Waals surface area contributed by atoms with Crippen LogP contribution >= 0.6 is 22.6 Å². The lowest BCUT2D eigenvalue weighted by Gasteiger charge is -2.00. The molecule has 1 nitrogen and oxygen atoms in total. The molecule has 0 unspecified atom stereocenters. The molecule has 0 bridgehead atoms. The highest BCUT2D eigenvalue weighted by molar-refractivity contribution is 14.1. The van der Waals surface area contributed by atoms with Crippen molar-refractivity contribution in [2.45, 2.75) is 6.92 Å². The quantitative estimate of drug-likeness (QED) is 0.476. The van der Waals surface area contributed by atoms with E-state index in [4.69, 9.17) is 5.73 Å². The van der Waals surface area contributed by atoms with Gasteiger partial charge in [-0.1, -0.05) is 47.4 Å². The van der Waals surface area contributed by atoms with E-state index in [-0.39, 0.29) is 0 Å². The summed E-state index contributed by atoms with van der Waals surface area (Å²) in [6.45, 7) is 5.73. The largest absolute Gasteiger partial charge is 0.405 e. The van der Waals surface area contributed by atoms with Crippen molar-refractivity contribution in [1.29, 1.82) is 0 Å². The molecular weight excluding hydrogens is 261 g/mol. The van der Waals surface area contributed by atoms with Gasteiger partial charge in [0, 0.05) is 4.43 Å². The summed E-state index contributed by atoms with van der Waals surface area (Å²) in [7, 11) is 0. The van der Waals surface area contributed by atoms with Gasteiger partial charge in [-0.25, -0.2) is 0 Å². The molecule has 12 heavy (non-hydrogen) atoms. The fourth-order valence-corrected chi connectivity index (χ4v) is 1.51. The highest BCUT2D eigenvalue weighted by Crippen LogP contribution is 2.11. The molecule has 0 fully saturated rings. The smallest absolute Gasteiger partial charge is 0.0253 e. The van der Waals surface area contributed by atoms with Crippen molar-refractivity contribution in [3.8, 4) is 0 Å². The number of rotatable bonds is 4. The second kappa shape index (κ2) is 7.16. The van der Waals surface area contributed by atoms with Crippen molar-refractivity contribution in [1.82, 2.24) is 0 Å². The normalized spacial score (nSPS) is 13.8. The maximum Gasteiger partial charge on any atom is 0.0253 e. The Balaban J connectivity index is 4.85. The highest BCUT2D eigenvalue weighted by Gasteiger charge is 1.94. The summed E-state index contributed by atoms with van der Waals surface area (Å²) in [5, 5.41) is 0. The van der Waals surface area contributed by atoms with Crippen LogP contribution in [0.15, 0.2) is 48.2 Å². The molecule has 0 aliphatic heterocycles. The molecule has 0 amide bonds. The summed E-state index contributed by atoms with van der Waals surface area (Å²) < 4.78 is 0.942. The van der Waals surface area contributed by atoms with E-state index in [1.54, 1.807) is 6.20 Å². The predicted molar refractivity (Wildman–Crippen MR) is 64.3 cm³/mol. The third kappa shape index (κ3) is 3.76. The molecule has 2 heteroatoms. The number of alkyl halides is 1. The number of hydrogen-bond donors (Lipinski definition) is 1. The summed E-state index contributed by atoms with van der Waals surface area (Å²) in [6, 6.07) is 0. The summed E-state index contributed by atoms with van der Waals surface area (Å²) in [5.74, 6) is 0. The van der Waals surface area contributed by atoms with Gasteiger partial charge in [0.15, 0.2) is 0 Å². The fourth-order valence-electron chi connectivity index (χ4n) is 0.820. The van der Waals surface area contributed by atoms with Gasteiger partial charge in [-0.05, 0) is 30.3 Å². The van der Waals surface area contributed by atoms with Crippen LogP contribution in [-0.2, 0) is 0 Å². The Morgan fingerprint density at radius 2 is 2.17 bits per heavy atom. The minimum atomic E-state index is 0.942. The Bertz CT molecular complexity index is 224. The summed E-state index contributed by atoms with van der Waals surface area (Å²) >= 11 is 2.30. The monoisotopic (exact) mass is 275 g/mol. The Hall–Kier alpha value is -0.510. The summed E-state index contributed by atoms with van der Waals surface area (Å²) in [6.07, 6.45) is 9.33. The fraction of sp³-hybridized carbons (Fsp3) is 0.200. The summed E-state index contributed by atoms with van der Waals surface area (Å²) in [5.41, 5.74) is 7.65. The zero-order valence-electron chi connectivity index (χ0n) is 7.26. The highest BCUT2D eigenvalue weighted by atomic mass is 127. The maximum atomic E-state index is 5.32. The lowest BCUT2D eigenvalue weighted by atomic mass is 10.1. The zero-order valence-corrected chi connectivity index (χ0v) is 9.41. The molecule has 0 saturated heterocycles. The molecule has 66 valence electrons. The second-order valence-corrected chi connectivity index (χ2v) is 2.94. The Morgan fingerprint density at radius 1 is 1.50 bits per heavy atom. The van der Waals surface area contributed by atoms with Crippen LogP contribution in [0.5, 0.6) is 0 Å². The van der Waals surface area contributed by atoms with Gasteiger partial charge in [-0.2, -0.15) is 0 Å². The Morgan fingerprint density at radius 3 is 2.50 bits per heavy atom. The second-order valence-electron chi connectivity index (χ2n) is 2.18. The first kappa shape index (κ1) is 11.5. The van der Waals surface area contributed by atoms with Crippen molar-refractivity contribution in [3.05, 3.63) is 48.2 Å². The van der Waals surface area contributed by atoms with Gasteiger partial charge < -0.3 is 5.73 Å². The molecule has 0 saturated carbocycles. The third-order valence-electron chi connectivity index (χ3n) is 1.38. The number of nitrogens with two attached hydrogens (primary N) is 1. The van der Waals surface area contributed by atoms with E-state index in [9.17, 15) is 0 Å². The van der Waals surface area contributed by atoms with Crippen LogP contribution in [0.1, 0.15) is 6.92 Å². The van der Waals surface area contributed by atoms with Crippen LogP contribution in [0.4, 0.5) is 0 Å². The molecule has 0 aromatic rings. The average molecular weight is 275 g/mol. The first-order valence-corrected chi connectivity index (χ1v) is 5.25. The van der Waals surface area contributed by atoms with E-state index < -0.39 is 0 Å². The Kier molecular flexibility index (Phi) is 6.85. The van der Waals surface area contributed by atoms with Crippen LogP contribution in [0.2, 0.25) is 0 Å². The third-order valence-corrected chi connectivity index (χ3v) is 2.20. The first-order valence-electron chi connectivity index (χ1n) is 3.72. The topological polar surface area (TPSA) is 26.0 Å². The van der Waals surface area contributed by atoms with E-state index in [0.29, 0.717) is 0 Å². The molecule has 0 aliphatic carbocycles. The standard InChI is InChI=1S/C10H14IN/c1-3-5-9(4-2)10(8-11)6-7-12/h3-7H,2,8,12H2,1H3/b5-3-,7-6-,10-9-. The van der Waals surface area contributed by atoms with E-state index in [2.05, 4.69) is 29.2 Å². The molecule has 0 rings (SSSR count). The first-order chi connectivity index (χ1) is 5.79. The molecule has 0 aliphatic rings. The SMILES string of the molecule is C=CC(/C=C\C)=C(\C=C/N)CI. The Labute approximate surface area is 87.9 Å². The van der Waals surface area contributed by atoms with E-state index in [1.807, 2.05) is 31.2 Å². The molecule has 0 radical (unpaired) electrons. The van der Waals surface area contributed by atoms with Crippen molar-refractivity contribution < 1.29 is 0 Å². The number of halogens is 1. The van der Waals surface area contributed by atoms with Gasteiger partial charge in [-0.3, -0.25) is 0 Å². The molecule has 2 N–H and O–H groups in total. The molecule has 0 spiro atoms. The van der Waals surface area contributed by atoms with Gasteiger partial charge >= 0.3 is 0 Å². The molecule has 0 atom stereocenters. The minimum Gasteiger partial charge on any atom is -0.405 e. The van der Waals surface area contributed by atoms with Crippen molar-refractivity contribution >= 4 is 22.6 Å². The number of allylic oxidation sites excluding steroid dienone is 6. The van der Waals surface area contributed by atoms with Crippen molar-refractivity contribution in [2.24, 2.45) is 5.73 Å². The van der Waals surface area contributed by atoms with Crippen LogP contribution < -0.4 is 5.73 Å². The average Bonchev–Trinajstić information content (AvgIpc) is 2.11. The lowest BCUT2D eigenvalue weighted by molar-refractivity contribution is 1.45. The van der Waals surface area contributed by atoms with Crippen LogP contribution in [0.25, 0.3) is 0 Å². The lowest BCUT2D eigenvalue weighted by Crippen LogP contribution is -1.87. The van der Waals surface area contributed by atoms with E-state index >= 15 is 0 Å². The van der Waals surface area contributed by atoms with Gasteiger partial charge in [-0.15, -0.1) is 0 Å². The zero-order chi connectivity index (χ0) is 9.40. The van der Waals surface area contributed by atoms with Crippen LogP contribution in [0, 0.1) is 0 Å². The van der Waals surface area contributed by atoms with Gasteiger partial charge in [0.05, 0.1) is 0 Å². The van der Waals surface area contributed by atoms with Gasteiger partial charge in [0.1, 0.15) is 0 Å². The van der Waals surface area contributed by atoms with Crippen LogP contribution in [-0.4, -0.2) is 4.43 Å². The number of hydrogen-bond acceptors (Lipinski definition) is 1. The van der Waals surface area contributed by atoms with E-state index in [1.165, 1.54) is 5.57 Å². The molecule has 0 heterocycles. The predicted octanol–water partition coefficient (Wildman–Crippen LogP) is 2.95. The van der Waals surface area contributed by atoms with Gasteiger partial charge in [0.25, 0.3) is 0 Å². The van der Waals surface area contributed by atoms with Crippen LogP contribution in [0.3, 0.4) is 0 Å². The van der Waals surface area contributed by atoms with Gasteiger partial charge in [0.2, 0.25) is 0 Å². The summed E-state index contributed by atoms with van der Waals surface area (Å²) in [4.78, 5) is 0. The molecule has 0 aromatic carbocycles. The molecular formula is C10H14IN. The van der Waals surface area contributed by atoms with E-state index in [0.717, 1.165) is 10.0 Å².